The molecule has 0 amide bonds. The van der Waals surface area contributed by atoms with Crippen LogP contribution < -0.4 is 0 Å². The Bertz CT molecular complexity index is 542. The van der Waals surface area contributed by atoms with E-state index in [4.69, 9.17) is 11.6 Å². The van der Waals surface area contributed by atoms with Gasteiger partial charge < -0.3 is 0 Å². The molecule has 0 bridgehead atoms. The number of rotatable bonds is 1. The molecule has 3 nitrogen and oxygen atoms in total. The molecule has 0 aromatic carbocycles. The maximum atomic E-state index is 12.7. The van der Waals surface area contributed by atoms with Crippen LogP contribution in [-0.4, -0.2) is 15.0 Å². The van der Waals surface area contributed by atoms with Gasteiger partial charge in [0.1, 0.15) is 0 Å². The van der Waals surface area contributed by atoms with Crippen LogP contribution in [-0.2, 0) is 6.18 Å². The summed E-state index contributed by atoms with van der Waals surface area (Å²) in [5.74, 6) is 0. The second kappa shape index (κ2) is 4.29. The molecule has 0 spiro atoms. The molecular weight excluding hydrogens is 255 g/mol. The van der Waals surface area contributed by atoms with Gasteiger partial charge in [0.05, 0.1) is 11.3 Å². The molecule has 0 N–H and O–H groups in total. The van der Waals surface area contributed by atoms with Gasteiger partial charge in [0.25, 0.3) is 0 Å². The molecule has 2 heterocycles. The number of nitrogens with zero attached hydrogens (tertiary/aromatic N) is 3. The van der Waals surface area contributed by atoms with E-state index in [0.717, 1.165) is 18.5 Å². The van der Waals surface area contributed by atoms with Crippen molar-refractivity contribution in [2.45, 2.75) is 6.18 Å². The van der Waals surface area contributed by atoms with Crippen LogP contribution in [0, 0.1) is 0 Å². The lowest BCUT2D eigenvalue weighted by atomic mass is 10.1. The van der Waals surface area contributed by atoms with Crippen molar-refractivity contribution in [2.75, 3.05) is 0 Å². The number of hydrogen-bond acceptors (Lipinski definition) is 3. The quantitative estimate of drug-likeness (QED) is 0.738. The lowest BCUT2D eigenvalue weighted by molar-refractivity contribution is -0.137. The zero-order valence-electron chi connectivity index (χ0n) is 8.24. The van der Waals surface area contributed by atoms with Crippen molar-refractivity contribution in [1.82, 2.24) is 15.0 Å². The number of hydrogen-bond donors (Lipinski definition) is 0. The monoisotopic (exact) mass is 259 g/mol. The number of aromatic nitrogens is 3. The highest BCUT2D eigenvalue weighted by atomic mass is 35.5. The standard InChI is InChI=1S/C10H5ClF3N3/c11-9-16-4-2-8(17-9)6-5-15-3-1-7(6)10(12,13)14/h1-5H. The molecule has 0 saturated carbocycles. The van der Waals surface area contributed by atoms with Gasteiger partial charge in [-0.25, -0.2) is 9.97 Å². The zero-order valence-corrected chi connectivity index (χ0v) is 9.00. The van der Waals surface area contributed by atoms with Crippen molar-refractivity contribution in [2.24, 2.45) is 0 Å². The van der Waals surface area contributed by atoms with E-state index in [2.05, 4.69) is 15.0 Å². The first-order valence-corrected chi connectivity index (χ1v) is 4.86. The minimum atomic E-state index is -4.46. The van der Waals surface area contributed by atoms with Gasteiger partial charge in [-0.15, -0.1) is 0 Å². The van der Waals surface area contributed by atoms with Crippen LogP contribution in [0.5, 0.6) is 0 Å². The first kappa shape index (κ1) is 11.8. The predicted octanol–water partition coefficient (Wildman–Crippen LogP) is 3.21. The Hall–Kier alpha value is -1.69. The van der Waals surface area contributed by atoms with E-state index in [1.807, 2.05) is 0 Å². The molecule has 0 atom stereocenters. The van der Waals surface area contributed by atoms with Crippen LogP contribution in [0.15, 0.2) is 30.7 Å². The fourth-order valence-electron chi connectivity index (χ4n) is 1.33. The maximum absolute atomic E-state index is 12.7. The Balaban J connectivity index is 2.60. The van der Waals surface area contributed by atoms with Gasteiger partial charge in [-0.2, -0.15) is 13.2 Å². The molecule has 0 unspecified atom stereocenters. The second-order valence-electron chi connectivity index (χ2n) is 3.13. The highest BCUT2D eigenvalue weighted by Gasteiger charge is 2.33. The van der Waals surface area contributed by atoms with Crippen LogP contribution in [0.1, 0.15) is 5.56 Å². The van der Waals surface area contributed by atoms with E-state index in [0.29, 0.717) is 0 Å². The molecule has 0 saturated heterocycles. The summed E-state index contributed by atoms with van der Waals surface area (Å²) in [5.41, 5.74) is -0.836. The molecule has 0 aliphatic heterocycles. The molecule has 17 heavy (non-hydrogen) atoms. The molecule has 0 radical (unpaired) electrons. The molecular formula is C10H5ClF3N3. The Morgan fingerprint density at radius 2 is 1.88 bits per heavy atom. The third-order valence-electron chi connectivity index (χ3n) is 2.03. The first-order chi connectivity index (χ1) is 7.98. The highest BCUT2D eigenvalue weighted by Crippen LogP contribution is 2.35. The second-order valence-corrected chi connectivity index (χ2v) is 3.47. The Kier molecular flexibility index (Phi) is 2.97. The van der Waals surface area contributed by atoms with Crippen molar-refractivity contribution in [3.05, 3.63) is 41.6 Å². The predicted molar refractivity (Wildman–Crippen MR) is 55.3 cm³/mol. The van der Waals surface area contributed by atoms with Gasteiger partial charge >= 0.3 is 6.18 Å². The summed E-state index contributed by atoms with van der Waals surface area (Å²) in [7, 11) is 0. The third kappa shape index (κ3) is 2.52. The minimum absolute atomic E-state index is 0.0884. The molecule has 0 fully saturated rings. The van der Waals surface area contributed by atoms with Crippen molar-refractivity contribution in [3.63, 3.8) is 0 Å². The largest absolute Gasteiger partial charge is 0.417 e. The molecule has 0 aliphatic rings. The van der Waals surface area contributed by atoms with Gasteiger partial charge in [-0.3, -0.25) is 4.98 Å². The van der Waals surface area contributed by atoms with Gasteiger partial charge in [-0.05, 0) is 23.7 Å². The van der Waals surface area contributed by atoms with Gasteiger partial charge in [0.15, 0.2) is 0 Å². The SMILES string of the molecule is FC(F)(F)c1ccncc1-c1ccnc(Cl)n1. The summed E-state index contributed by atoms with van der Waals surface area (Å²) in [5, 5.41) is -0.112. The van der Waals surface area contributed by atoms with E-state index < -0.39 is 11.7 Å². The van der Waals surface area contributed by atoms with Crippen molar-refractivity contribution >= 4 is 11.6 Å². The third-order valence-corrected chi connectivity index (χ3v) is 2.21. The van der Waals surface area contributed by atoms with Crippen LogP contribution in [0.2, 0.25) is 5.28 Å². The van der Waals surface area contributed by atoms with Gasteiger partial charge in [0.2, 0.25) is 5.28 Å². The molecule has 88 valence electrons. The number of alkyl halides is 3. The van der Waals surface area contributed by atoms with Crippen LogP contribution in [0.4, 0.5) is 13.2 Å². The number of halogens is 4. The first-order valence-electron chi connectivity index (χ1n) is 4.48. The van der Waals surface area contributed by atoms with Gasteiger partial charge in [-0.1, -0.05) is 0 Å². The fraction of sp³-hybridized carbons (Fsp3) is 0.100. The van der Waals surface area contributed by atoms with E-state index in [-0.39, 0.29) is 16.5 Å². The van der Waals surface area contributed by atoms with Crippen molar-refractivity contribution in [1.29, 1.82) is 0 Å². The molecule has 2 aromatic heterocycles. The van der Waals surface area contributed by atoms with Crippen LogP contribution >= 0.6 is 11.6 Å². The van der Waals surface area contributed by atoms with Crippen molar-refractivity contribution in [3.8, 4) is 11.3 Å². The summed E-state index contributed by atoms with van der Waals surface area (Å²) in [6, 6.07) is 2.24. The average molecular weight is 260 g/mol. The van der Waals surface area contributed by atoms with Gasteiger partial charge in [0, 0.05) is 24.2 Å². The average Bonchev–Trinajstić information content (AvgIpc) is 2.28. The summed E-state index contributed by atoms with van der Waals surface area (Å²) >= 11 is 5.54. The lowest BCUT2D eigenvalue weighted by Gasteiger charge is -2.11. The summed E-state index contributed by atoms with van der Waals surface area (Å²) in [6.45, 7) is 0. The summed E-state index contributed by atoms with van der Waals surface area (Å²) < 4.78 is 38.2. The Labute approximate surface area is 99.3 Å². The zero-order chi connectivity index (χ0) is 12.5. The van der Waals surface area contributed by atoms with E-state index in [9.17, 15) is 13.2 Å². The maximum Gasteiger partial charge on any atom is 0.417 e. The molecule has 0 aliphatic carbocycles. The van der Waals surface area contributed by atoms with Crippen molar-refractivity contribution < 1.29 is 13.2 Å². The number of pyridine rings is 1. The molecule has 7 heteroatoms. The lowest BCUT2D eigenvalue weighted by Crippen LogP contribution is -2.08. The summed E-state index contributed by atoms with van der Waals surface area (Å²) in [4.78, 5) is 11.0. The highest BCUT2D eigenvalue weighted by molar-refractivity contribution is 6.28. The topological polar surface area (TPSA) is 38.7 Å². The minimum Gasteiger partial charge on any atom is -0.264 e. The smallest absolute Gasteiger partial charge is 0.264 e. The summed E-state index contributed by atoms with van der Waals surface area (Å²) in [6.07, 6.45) is -0.996. The van der Waals surface area contributed by atoms with Crippen LogP contribution in [0.3, 0.4) is 0 Å². The fourth-order valence-corrected chi connectivity index (χ4v) is 1.48. The Morgan fingerprint density at radius 1 is 1.12 bits per heavy atom. The van der Waals surface area contributed by atoms with E-state index in [1.165, 1.54) is 12.3 Å². The van der Waals surface area contributed by atoms with E-state index >= 15 is 0 Å². The Morgan fingerprint density at radius 3 is 2.53 bits per heavy atom. The van der Waals surface area contributed by atoms with E-state index in [1.54, 1.807) is 0 Å². The molecule has 2 rings (SSSR count). The van der Waals surface area contributed by atoms with Crippen LogP contribution in [0.25, 0.3) is 11.3 Å². The normalized spacial score (nSPS) is 11.5. The molecule has 2 aromatic rings.